The van der Waals surface area contributed by atoms with Gasteiger partial charge in [-0.25, -0.2) is 0 Å². The van der Waals surface area contributed by atoms with Crippen LogP contribution in [0.3, 0.4) is 0 Å². The van der Waals surface area contributed by atoms with Crippen LogP contribution in [0.25, 0.3) is 0 Å². The van der Waals surface area contributed by atoms with Gasteiger partial charge in [-0.2, -0.15) is 10.4 Å². The van der Waals surface area contributed by atoms with Crippen LogP contribution in [0.4, 0.5) is 0 Å². The van der Waals surface area contributed by atoms with Crippen molar-refractivity contribution in [3.8, 4) is 6.07 Å². The molecule has 1 aromatic rings. The molecule has 1 aliphatic heterocycles. The number of rotatable bonds is 3. The molecule has 0 N–H and O–H groups in total. The van der Waals surface area contributed by atoms with Gasteiger partial charge in [-0.15, -0.1) is 0 Å². The topological polar surface area (TPSA) is 50.8 Å². The number of halogens is 1. The fraction of sp³-hybridized carbons (Fsp3) is 0.667. The number of aryl methyl sites for hydroxylation is 2. The number of hydrogen-bond donors (Lipinski definition) is 0. The Morgan fingerprint density at radius 1 is 1.65 bits per heavy atom. The highest BCUT2D eigenvalue weighted by atomic mass is 35.5. The van der Waals surface area contributed by atoms with Crippen LogP contribution in [0.5, 0.6) is 0 Å². The van der Waals surface area contributed by atoms with Gasteiger partial charge in [0.1, 0.15) is 0 Å². The summed E-state index contributed by atoms with van der Waals surface area (Å²) >= 11 is 6.26. The molecule has 1 unspecified atom stereocenters. The Hall–Kier alpha value is -1.05. The molecule has 2 rings (SSSR count). The maximum Gasteiger partial charge on any atom is 0.0884 e. The summed E-state index contributed by atoms with van der Waals surface area (Å²) in [5, 5.41) is 14.4. The minimum atomic E-state index is -0.428. The van der Waals surface area contributed by atoms with E-state index in [1.165, 1.54) is 0 Å². The van der Waals surface area contributed by atoms with Gasteiger partial charge in [0.05, 0.1) is 34.5 Å². The first kappa shape index (κ1) is 12.4. The van der Waals surface area contributed by atoms with E-state index < -0.39 is 5.41 Å². The molecule has 4 nitrogen and oxygen atoms in total. The highest BCUT2D eigenvalue weighted by Gasteiger charge is 2.37. The third-order valence-corrected chi connectivity index (χ3v) is 3.79. The first-order chi connectivity index (χ1) is 8.12. The largest absolute Gasteiger partial charge is 0.380 e. The molecule has 1 aromatic heterocycles. The van der Waals surface area contributed by atoms with E-state index in [1.54, 1.807) is 0 Å². The summed E-state index contributed by atoms with van der Waals surface area (Å²) in [4.78, 5) is 0. The SMILES string of the molecule is CCn1nc(C)c(Cl)c1CC1(C#N)CCOC1. The lowest BCUT2D eigenvalue weighted by Gasteiger charge is -2.18. The molecular formula is C12H16ClN3O. The van der Waals surface area contributed by atoms with Gasteiger partial charge in [0.15, 0.2) is 0 Å². The molecular weight excluding hydrogens is 238 g/mol. The lowest BCUT2D eigenvalue weighted by molar-refractivity contribution is 0.171. The average molecular weight is 254 g/mol. The Morgan fingerprint density at radius 3 is 2.94 bits per heavy atom. The maximum absolute atomic E-state index is 9.34. The molecule has 92 valence electrons. The highest BCUT2D eigenvalue weighted by molar-refractivity contribution is 6.31. The van der Waals surface area contributed by atoms with Crippen LogP contribution in [0.2, 0.25) is 5.02 Å². The van der Waals surface area contributed by atoms with E-state index in [2.05, 4.69) is 11.2 Å². The van der Waals surface area contributed by atoms with E-state index in [-0.39, 0.29) is 0 Å². The van der Waals surface area contributed by atoms with Gasteiger partial charge >= 0.3 is 0 Å². The summed E-state index contributed by atoms with van der Waals surface area (Å²) in [6.45, 7) is 5.84. The summed E-state index contributed by atoms with van der Waals surface area (Å²) < 4.78 is 7.23. The lowest BCUT2D eigenvalue weighted by Crippen LogP contribution is -2.23. The summed E-state index contributed by atoms with van der Waals surface area (Å²) in [5.41, 5.74) is 1.36. The quantitative estimate of drug-likeness (QED) is 0.831. The smallest absolute Gasteiger partial charge is 0.0884 e. The lowest BCUT2D eigenvalue weighted by atomic mass is 9.84. The van der Waals surface area contributed by atoms with Gasteiger partial charge < -0.3 is 4.74 Å². The van der Waals surface area contributed by atoms with Crippen LogP contribution < -0.4 is 0 Å². The summed E-state index contributed by atoms with van der Waals surface area (Å²) in [6, 6.07) is 2.39. The monoisotopic (exact) mass is 253 g/mol. The standard InChI is InChI=1S/C12H16ClN3O/c1-3-16-10(11(13)9(2)15-16)6-12(7-14)4-5-17-8-12/h3-6,8H2,1-2H3. The van der Waals surface area contributed by atoms with E-state index in [9.17, 15) is 5.26 Å². The molecule has 0 radical (unpaired) electrons. The molecule has 17 heavy (non-hydrogen) atoms. The molecule has 0 spiro atoms. The minimum absolute atomic E-state index is 0.428. The van der Waals surface area contributed by atoms with E-state index in [0.717, 1.165) is 24.4 Å². The van der Waals surface area contributed by atoms with Crippen LogP contribution in [0, 0.1) is 23.7 Å². The Morgan fingerprint density at radius 2 is 2.41 bits per heavy atom. The molecule has 2 heterocycles. The van der Waals surface area contributed by atoms with E-state index >= 15 is 0 Å². The summed E-state index contributed by atoms with van der Waals surface area (Å²) in [6.07, 6.45) is 1.39. The molecule has 5 heteroatoms. The second kappa shape index (κ2) is 4.67. The molecule has 1 atom stereocenters. The zero-order valence-corrected chi connectivity index (χ0v) is 10.9. The number of ether oxygens (including phenoxy) is 1. The van der Waals surface area contributed by atoms with Gasteiger partial charge in [-0.05, 0) is 20.3 Å². The Kier molecular flexibility index (Phi) is 3.41. The molecule has 1 saturated heterocycles. The third kappa shape index (κ3) is 2.18. The van der Waals surface area contributed by atoms with E-state index in [4.69, 9.17) is 16.3 Å². The van der Waals surface area contributed by atoms with Crippen molar-refractivity contribution < 1.29 is 4.74 Å². The average Bonchev–Trinajstić information content (AvgIpc) is 2.90. The predicted molar refractivity (Wildman–Crippen MR) is 64.8 cm³/mol. The fourth-order valence-electron chi connectivity index (χ4n) is 2.23. The second-order valence-electron chi connectivity index (χ2n) is 4.53. The van der Waals surface area contributed by atoms with E-state index in [1.807, 2.05) is 18.5 Å². The van der Waals surface area contributed by atoms with Crippen molar-refractivity contribution in [1.82, 2.24) is 9.78 Å². The van der Waals surface area contributed by atoms with Crippen molar-refractivity contribution in [3.63, 3.8) is 0 Å². The highest BCUT2D eigenvalue weighted by Crippen LogP contribution is 2.34. The van der Waals surface area contributed by atoms with Crippen molar-refractivity contribution in [1.29, 1.82) is 5.26 Å². The van der Waals surface area contributed by atoms with Gasteiger partial charge in [-0.1, -0.05) is 11.6 Å². The van der Waals surface area contributed by atoms with Crippen LogP contribution in [0.15, 0.2) is 0 Å². The van der Waals surface area contributed by atoms with Crippen molar-refractivity contribution in [3.05, 3.63) is 16.4 Å². The normalized spacial score (nSPS) is 23.9. The van der Waals surface area contributed by atoms with Crippen molar-refractivity contribution in [2.45, 2.75) is 33.2 Å². The third-order valence-electron chi connectivity index (χ3n) is 3.30. The van der Waals surface area contributed by atoms with E-state index in [0.29, 0.717) is 24.7 Å². The second-order valence-corrected chi connectivity index (χ2v) is 4.91. The summed E-state index contributed by atoms with van der Waals surface area (Å²) in [5.74, 6) is 0. The fourth-order valence-corrected chi connectivity index (χ4v) is 2.43. The van der Waals surface area contributed by atoms with Crippen molar-refractivity contribution in [2.24, 2.45) is 5.41 Å². The summed E-state index contributed by atoms with van der Waals surface area (Å²) in [7, 11) is 0. The van der Waals surface area contributed by atoms with Crippen molar-refractivity contribution in [2.75, 3.05) is 13.2 Å². The predicted octanol–water partition coefficient (Wildman–Crippen LogP) is 2.34. The number of hydrogen-bond acceptors (Lipinski definition) is 3. The van der Waals surface area contributed by atoms with Crippen molar-refractivity contribution >= 4 is 11.6 Å². The van der Waals surface area contributed by atoms with Gasteiger partial charge in [0.25, 0.3) is 0 Å². The first-order valence-electron chi connectivity index (χ1n) is 5.82. The van der Waals surface area contributed by atoms with Crippen LogP contribution in [0.1, 0.15) is 24.7 Å². The zero-order valence-electron chi connectivity index (χ0n) is 10.2. The van der Waals surface area contributed by atoms with Gasteiger partial charge in [0.2, 0.25) is 0 Å². The molecule has 0 aromatic carbocycles. The molecule has 0 saturated carbocycles. The minimum Gasteiger partial charge on any atom is -0.380 e. The number of aromatic nitrogens is 2. The molecule has 1 fully saturated rings. The Bertz CT molecular complexity index is 455. The van der Waals surface area contributed by atoms with Crippen LogP contribution >= 0.6 is 11.6 Å². The Balaban J connectivity index is 2.32. The first-order valence-corrected chi connectivity index (χ1v) is 6.20. The van der Waals surface area contributed by atoms with Gasteiger partial charge in [-0.3, -0.25) is 4.68 Å². The zero-order chi connectivity index (χ0) is 12.5. The number of nitrogens with zero attached hydrogens (tertiary/aromatic N) is 3. The maximum atomic E-state index is 9.34. The van der Waals surface area contributed by atoms with Crippen LogP contribution in [-0.4, -0.2) is 23.0 Å². The molecule has 0 aliphatic carbocycles. The van der Waals surface area contributed by atoms with Gasteiger partial charge in [0, 0.05) is 19.6 Å². The number of nitriles is 1. The van der Waals surface area contributed by atoms with Crippen LogP contribution in [-0.2, 0) is 17.7 Å². The Labute approximate surface area is 106 Å². The molecule has 0 amide bonds. The molecule has 1 aliphatic rings. The molecule has 0 bridgehead atoms.